The molecule has 0 saturated carbocycles. The fourth-order valence-electron chi connectivity index (χ4n) is 6.10. The van der Waals surface area contributed by atoms with E-state index in [1.807, 2.05) is 41.3 Å². The molecule has 0 aliphatic carbocycles. The van der Waals surface area contributed by atoms with E-state index in [1.165, 1.54) is 13.3 Å². The molecule has 0 spiro atoms. The number of ether oxygens (including phenoxy) is 1. The summed E-state index contributed by atoms with van der Waals surface area (Å²) in [5, 5.41) is 8.32. The van der Waals surface area contributed by atoms with E-state index in [4.69, 9.17) is 16.3 Å². The van der Waals surface area contributed by atoms with Crippen molar-refractivity contribution in [3.8, 4) is 0 Å². The number of nitrogens with zero attached hydrogens (tertiary/aromatic N) is 5. The summed E-state index contributed by atoms with van der Waals surface area (Å²) in [7, 11) is 1.45. The van der Waals surface area contributed by atoms with Gasteiger partial charge in [0.25, 0.3) is 0 Å². The highest BCUT2D eigenvalue weighted by Crippen LogP contribution is 2.28. The topological polar surface area (TPSA) is 139 Å². The monoisotopic (exact) mass is 664 g/mol. The molecule has 13 nitrogen and oxygen atoms in total. The zero-order chi connectivity index (χ0) is 33.2. The number of fused-ring (bicyclic) bond motifs is 1. The lowest BCUT2D eigenvalue weighted by atomic mass is 10.0. The molecule has 2 aromatic rings. The lowest BCUT2D eigenvalue weighted by molar-refractivity contribution is -0.133. The summed E-state index contributed by atoms with van der Waals surface area (Å²) in [6.07, 6.45) is 8.76. The number of allylic oxidation sites excluding steroid dienone is 2. The molecule has 4 heterocycles. The van der Waals surface area contributed by atoms with Gasteiger partial charge < -0.3 is 40.3 Å². The molecular formula is C33H41ClN8O5. The second kappa shape index (κ2) is 16.2. The van der Waals surface area contributed by atoms with Gasteiger partial charge in [-0.05, 0) is 48.3 Å². The van der Waals surface area contributed by atoms with Crippen molar-refractivity contribution in [2.24, 2.45) is 0 Å². The summed E-state index contributed by atoms with van der Waals surface area (Å²) in [6, 6.07) is 10.3. The molecule has 3 N–H and O–H groups in total. The Labute approximate surface area is 279 Å². The van der Waals surface area contributed by atoms with Crippen LogP contribution in [-0.4, -0.2) is 108 Å². The van der Waals surface area contributed by atoms with Crippen molar-refractivity contribution in [3.05, 3.63) is 78.3 Å². The van der Waals surface area contributed by atoms with Crippen LogP contribution in [0.15, 0.2) is 72.8 Å². The molecule has 14 heteroatoms. The third kappa shape index (κ3) is 8.73. The molecule has 2 saturated heterocycles. The SMILES string of the molecule is CNC(=O)O/C=C/C(=C\CCl)CC(NC(=O)N1CCC(N2Cc3ccccc3NC2=O)CC1)C(=O)N1CCN(c2ccncc2)CC1. The van der Waals surface area contributed by atoms with Gasteiger partial charge in [0, 0.05) is 95.0 Å². The number of carbonyl (C=O) groups excluding carboxylic acids is 4. The van der Waals surface area contributed by atoms with Gasteiger partial charge in [-0.2, -0.15) is 0 Å². The maximum atomic E-state index is 14.0. The van der Waals surface area contributed by atoms with Crippen LogP contribution in [0.2, 0.25) is 0 Å². The third-order valence-corrected chi connectivity index (χ3v) is 8.86. The summed E-state index contributed by atoms with van der Waals surface area (Å²) in [5.41, 5.74) is 3.57. The average molecular weight is 665 g/mol. The summed E-state index contributed by atoms with van der Waals surface area (Å²) < 4.78 is 5.00. The Hall–Kier alpha value is -4.78. The van der Waals surface area contributed by atoms with Gasteiger partial charge in [-0.25, -0.2) is 14.4 Å². The fraction of sp³-hybridized carbons (Fsp3) is 0.424. The highest BCUT2D eigenvalue weighted by Gasteiger charge is 2.35. The predicted octanol–water partition coefficient (Wildman–Crippen LogP) is 3.75. The Morgan fingerprint density at radius 2 is 1.77 bits per heavy atom. The van der Waals surface area contributed by atoms with E-state index < -0.39 is 12.1 Å². The number of alkyl carbamates (subject to hydrolysis) is 1. The number of halogens is 1. The molecule has 1 atom stereocenters. The number of benzene rings is 1. The zero-order valence-electron chi connectivity index (χ0n) is 26.4. The molecule has 5 rings (SSSR count). The number of para-hydroxylation sites is 1. The van der Waals surface area contributed by atoms with Gasteiger partial charge in [0.05, 0.1) is 6.26 Å². The number of aromatic nitrogens is 1. The minimum Gasteiger partial charge on any atom is -0.418 e. The number of carbonyl (C=O) groups is 4. The Morgan fingerprint density at radius 1 is 1.04 bits per heavy atom. The predicted molar refractivity (Wildman–Crippen MR) is 179 cm³/mol. The van der Waals surface area contributed by atoms with Crippen molar-refractivity contribution in [2.75, 3.05) is 62.4 Å². The number of amides is 6. The molecule has 1 aromatic heterocycles. The van der Waals surface area contributed by atoms with Crippen molar-refractivity contribution in [1.82, 2.24) is 30.3 Å². The third-order valence-electron chi connectivity index (χ3n) is 8.71. The molecule has 0 radical (unpaired) electrons. The standard InChI is InChI=1S/C33H41ClN8O5/c1-35-33(46)47-21-11-24(6-12-34)22-29(30(43)40-19-17-39(18-20-40)26-7-13-36-14-8-26)38-31(44)41-15-9-27(10-16-41)42-23-25-4-2-3-5-28(25)37-32(42)45/h2-8,11,13-14,21,27,29H,9-10,12,15-20,22-23H2,1H3,(H,35,46)(H,37,45)(H,38,44)/b21-11+,24-6+. The highest BCUT2D eigenvalue weighted by molar-refractivity contribution is 6.19. The minimum absolute atomic E-state index is 0.00904. The number of piperazine rings is 1. The number of urea groups is 2. The first-order valence-electron chi connectivity index (χ1n) is 15.8. The first-order chi connectivity index (χ1) is 22.9. The van der Waals surface area contributed by atoms with Crippen molar-refractivity contribution < 1.29 is 23.9 Å². The molecule has 3 aliphatic rings. The van der Waals surface area contributed by atoms with Crippen LogP contribution < -0.4 is 20.9 Å². The van der Waals surface area contributed by atoms with Gasteiger partial charge in [-0.15, -0.1) is 11.6 Å². The van der Waals surface area contributed by atoms with Gasteiger partial charge in [0.1, 0.15) is 6.04 Å². The highest BCUT2D eigenvalue weighted by atomic mass is 35.5. The summed E-state index contributed by atoms with van der Waals surface area (Å²) in [4.78, 5) is 63.6. The zero-order valence-corrected chi connectivity index (χ0v) is 27.2. The summed E-state index contributed by atoms with van der Waals surface area (Å²) >= 11 is 6.03. The second-order valence-electron chi connectivity index (χ2n) is 11.5. The van der Waals surface area contributed by atoms with E-state index in [1.54, 1.807) is 34.3 Å². The number of hydrogen-bond donors (Lipinski definition) is 3. The lowest BCUT2D eigenvalue weighted by Gasteiger charge is -2.41. The van der Waals surface area contributed by atoms with Gasteiger partial charge in [0.2, 0.25) is 5.91 Å². The number of nitrogens with one attached hydrogen (secondary N) is 3. The number of anilines is 2. The largest absolute Gasteiger partial charge is 0.418 e. The van der Waals surface area contributed by atoms with Crippen LogP contribution in [0.1, 0.15) is 24.8 Å². The van der Waals surface area contributed by atoms with Crippen molar-refractivity contribution in [2.45, 2.75) is 37.9 Å². The summed E-state index contributed by atoms with van der Waals surface area (Å²) in [5.74, 6) is -0.0337. The van der Waals surface area contributed by atoms with Crippen molar-refractivity contribution >= 4 is 47.0 Å². The Morgan fingerprint density at radius 3 is 2.47 bits per heavy atom. The number of likely N-dealkylation sites (tertiary alicyclic amines) is 1. The molecule has 2 fully saturated rings. The number of rotatable bonds is 9. The Balaban J connectivity index is 1.23. The molecule has 250 valence electrons. The maximum Gasteiger partial charge on any atom is 0.411 e. The van der Waals surface area contributed by atoms with E-state index in [9.17, 15) is 19.2 Å². The lowest BCUT2D eigenvalue weighted by Crippen LogP contribution is -2.58. The first kappa shape index (κ1) is 33.6. The number of hydrogen-bond acceptors (Lipinski definition) is 7. The molecule has 47 heavy (non-hydrogen) atoms. The fourth-order valence-corrected chi connectivity index (χ4v) is 6.29. The molecule has 6 amide bonds. The normalized spacial score (nSPS) is 18.0. The van der Waals surface area contributed by atoms with E-state index in [-0.39, 0.29) is 36.3 Å². The van der Waals surface area contributed by atoms with E-state index in [2.05, 4.69) is 25.8 Å². The van der Waals surface area contributed by atoms with Crippen LogP contribution in [0.3, 0.4) is 0 Å². The number of alkyl halides is 1. The average Bonchev–Trinajstić information content (AvgIpc) is 3.11. The maximum absolute atomic E-state index is 14.0. The van der Waals surface area contributed by atoms with E-state index in [0.29, 0.717) is 64.2 Å². The van der Waals surface area contributed by atoms with Gasteiger partial charge >= 0.3 is 18.2 Å². The summed E-state index contributed by atoms with van der Waals surface area (Å²) in [6.45, 7) is 3.67. The Kier molecular flexibility index (Phi) is 11.6. The quantitative estimate of drug-likeness (QED) is 0.211. The van der Waals surface area contributed by atoms with Crippen LogP contribution in [-0.2, 0) is 16.1 Å². The van der Waals surface area contributed by atoms with Crippen LogP contribution in [0.4, 0.5) is 25.8 Å². The van der Waals surface area contributed by atoms with E-state index >= 15 is 0 Å². The second-order valence-corrected chi connectivity index (χ2v) is 11.9. The van der Waals surface area contributed by atoms with Crippen LogP contribution >= 0.6 is 11.6 Å². The van der Waals surface area contributed by atoms with E-state index in [0.717, 1.165) is 16.9 Å². The molecule has 0 bridgehead atoms. The van der Waals surface area contributed by atoms with Crippen LogP contribution in [0.25, 0.3) is 0 Å². The number of piperidine rings is 1. The van der Waals surface area contributed by atoms with Gasteiger partial charge in [0.15, 0.2) is 0 Å². The molecule has 1 unspecified atom stereocenters. The van der Waals surface area contributed by atoms with Crippen LogP contribution in [0, 0.1) is 0 Å². The Bertz CT molecular complexity index is 1470. The number of pyridine rings is 1. The first-order valence-corrected chi connectivity index (χ1v) is 16.3. The molecular weight excluding hydrogens is 624 g/mol. The smallest absolute Gasteiger partial charge is 0.411 e. The molecule has 3 aliphatic heterocycles. The van der Waals surface area contributed by atoms with Crippen molar-refractivity contribution in [1.29, 1.82) is 0 Å². The minimum atomic E-state index is -0.879. The van der Waals surface area contributed by atoms with Gasteiger partial charge in [-0.3, -0.25) is 9.78 Å². The molecule has 1 aromatic carbocycles. The van der Waals surface area contributed by atoms with Crippen LogP contribution in [0.5, 0.6) is 0 Å². The van der Waals surface area contributed by atoms with Crippen molar-refractivity contribution in [3.63, 3.8) is 0 Å². The van der Waals surface area contributed by atoms with Gasteiger partial charge in [-0.1, -0.05) is 24.3 Å².